The van der Waals surface area contributed by atoms with Gasteiger partial charge in [-0.2, -0.15) is 0 Å². The van der Waals surface area contributed by atoms with E-state index in [9.17, 15) is 19.1 Å². The number of carbonyl (C=O) groups is 2. The Hall–Kier alpha value is -2.70. The first-order valence-electron chi connectivity index (χ1n) is 7.21. The van der Waals surface area contributed by atoms with Crippen LogP contribution < -0.4 is 0 Å². The first-order valence-corrected chi connectivity index (χ1v) is 7.21. The third kappa shape index (κ3) is 2.48. The lowest BCUT2D eigenvalue weighted by atomic mass is 10.0. The Morgan fingerprint density at radius 2 is 2.13 bits per heavy atom. The summed E-state index contributed by atoms with van der Waals surface area (Å²) in [5.41, 5.74) is 0.450. The lowest BCUT2D eigenvalue weighted by molar-refractivity contribution is -0.145. The zero-order chi connectivity index (χ0) is 16.6. The van der Waals surface area contributed by atoms with Gasteiger partial charge >= 0.3 is 11.9 Å². The molecule has 0 radical (unpaired) electrons. The Morgan fingerprint density at radius 3 is 2.78 bits per heavy atom. The van der Waals surface area contributed by atoms with Gasteiger partial charge in [0.25, 0.3) is 0 Å². The molecule has 1 atom stereocenters. The van der Waals surface area contributed by atoms with E-state index in [0.29, 0.717) is 25.0 Å². The molecule has 3 rings (SSSR count). The van der Waals surface area contributed by atoms with Crippen LogP contribution in [0.3, 0.4) is 0 Å². The molecule has 0 aliphatic carbocycles. The zero-order valence-corrected chi connectivity index (χ0v) is 12.5. The minimum Gasteiger partial charge on any atom is -0.476 e. The van der Waals surface area contributed by atoms with Crippen molar-refractivity contribution in [2.75, 3.05) is 7.11 Å². The van der Waals surface area contributed by atoms with Crippen LogP contribution in [0.15, 0.2) is 24.3 Å². The minimum atomic E-state index is -1.19. The van der Waals surface area contributed by atoms with Gasteiger partial charge in [-0.05, 0) is 31.4 Å². The van der Waals surface area contributed by atoms with Crippen molar-refractivity contribution in [1.29, 1.82) is 0 Å². The SMILES string of the molecule is COC(=O)C1CCCc2c(C(=O)O)nc(-c3ccccc3F)n21. The van der Waals surface area contributed by atoms with Crippen molar-refractivity contribution < 1.29 is 23.8 Å². The highest BCUT2D eigenvalue weighted by Gasteiger charge is 2.34. The van der Waals surface area contributed by atoms with Gasteiger partial charge in [0.1, 0.15) is 17.7 Å². The Kier molecular flexibility index (Phi) is 3.85. The molecule has 1 unspecified atom stereocenters. The van der Waals surface area contributed by atoms with Crippen LogP contribution in [-0.4, -0.2) is 33.7 Å². The lowest BCUT2D eigenvalue weighted by Crippen LogP contribution is -2.27. The van der Waals surface area contributed by atoms with Gasteiger partial charge in [0, 0.05) is 0 Å². The molecule has 0 saturated heterocycles. The van der Waals surface area contributed by atoms with E-state index in [0.717, 1.165) is 0 Å². The van der Waals surface area contributed by atoms with Gasteiger partial charge < -0.3 is 14.4 Å². The Bertz CT molecular complexity index is 784. The lowest BCUT2D eigenvalue weighted by Gasteiger charge is -2.25. The standard InChI is InChI=1S/C16H15FN2O4/c1-23-16(22)12-8-4-7-11-13(15(20)21)18-14(19(11)12)9-5-2-3-6-10(9)17/h2-3,5-6,12H,4,7-8H2,1H3,(H,20,21). The monoisotopic (exact) mass is 318 g/mol. The van der Waals surface area contributed by atoms with Gasteiger partial charge in [-0.3, -0.25) is 0 Å². The second-order valence-electron chi connectivity index (χ2n) is 5.32. The van der Waals surface area contributed by atoms with E-state index in [1.807, 2.05) is 0 Å². The predicted molar refractivity (Wildman–Crippen MR) is 78.6 cm³/mol. The number of benzene rings is 1. The number of carboxylic acid groups (broad SMARTS) is 1. The van der Waals surface area contributed by atoms with E-state index in [4.69, 9.17) is 4.74 Å². The highest BCUT2D eigenvalue weighted by Crippen LogP contribution is 2.35. The smallest absolute Gasteiger partial charge is 0.356 e. The van der Waals surface area contributed by atoms with Crippen LogP contribution in [0.5, 0.6) is 0 Å². The van der Waals surface area contributed by atoms with Crippen molar-refractivity contribution in [3.8, 4) is 11.4 Å². The molecule has 0 saturated carbocycles. The van der Waals surface area contributed by atoms with Gasteiger partial charge in [-0.1, -0.05) is 12.1 Å². The van der Waals surface area contributed by atoms with Crippen LogP contribution >= 0.6 is 0 Å². The van der Waals surface area contributed by atoms with Gasteiger partial charge in [0.2, 0.25) is 0 Å². The second kappa shape index (κ2) is 5.83. The summed E-state index contributed by atoms with van der Waals surface area (Å²) in [5, 5.41) is 9.37. The summed E-state index contributed by atoms with van der Waals surface area (Å²) < 4.78 is 20.5. The fourth-order valence-electron chi connectivity index (χ4n) is 3.00. The van der Waals surface area contributed by atoms with Crippen molar-refractivity contribution in [3.63, 3.8) is 0 Å². The molecule has 1 aliphatic rings. The van der Waals surface area contributed by atoms with Crippen molar-refractivity contribution in [3.05, 3.63) is 41.5 Å². The summed E-state index contributed by atoms with van der Waals surface area (Å²) in [7, 11) is 1.27. The first kappa shape index (κ1) is 15.2. The number of aromatic carboxylic acids is 1. The number of ether oxygens (including phenoxy) is 1. The molecule has 0 fully saturated rings. The molecule has 1 N–H and O–H groups in total. The highest BCUT2D eigenvalue weighted by molar-refractivity contribution is 5.88. The number of carboxylic acids is 1. The van der Waals surface area contributed by atoms with Gasteiger partial charge in [0.15, 0.2) is 5.69 Å². The van der Waals surface area contributed by atoms with Crippen molar-refractivity contribution in [2.45, 2.75) is 25.3 Å². The maximum Gasteiger partial charge on any atom is 0.356 e. The Morgan fingerprint density at radius 1 is 1.39 bits per heavy atom. The summed E-state index contributed by atoms with van der Waals surface area (Å²) in [5.74, 6) is -2.06. The number of halogens is 1. The van der Waals surface area contributed by atoms with Crippen LogP contribution in [0.1, 0.15) is 35.1 Å². The summed E-state index contributed by atoms with van der Waals surface area (Å²) >= 11 is 0. The molecule has 7 heteroatoms. The van der Waals surface area contributed by atoms with E-state index >= 15 is 0 Å². The average Bonchev–Trinajstić information content (AvgIpc) is 2.94. The number of hydrogen-bond acceptors (Lipinski definition) is 4. The van der Waals surface area contributed by atoms with Crippen molar-refractivity contribution in [1.82, 2.24) is 9.55 Å². The number of nitrogens with zero attached hydrogens (tertiary/aromatic N) is 2. The summed E-state index contributed by atoms with van der Waals surface area (Å²) in [4.78, 5) is 27.6. The number of carbonyl (C=O) groups excluding carboxylic acids is 1. The molecule has 23 heavy (non-hydrogen) atoms. The normalized spacial score (nSPS) is 16.7. The number of hydrogen-bond donors (Lipinski definition) is 1. The van der Waals surface area contributed by atoms with Gasteiger partial charge in [0.05, 0.1) is 18.4 Å². The van der Waals surface area contributed by atoms with Gasteiger partial charge in [-0.15, -0.1) is 0 Å². The topological polar surface area (TPSA) is 81.4 Å². The summed E-state index contributed by atoms with van der Waals surface area (Å²) in [6.45, 7) is 0. The van der Waals surface area contributed by atoms with E-state index in [1.54, 1.807) is 6.07 Å². The molecule has 1 aromatic carbocycles. The number of fused-ring (bicyclic) bond motifs is 1. The van der Waals surface area contributed by atoms with Crippen LogP contribution in [0.25, 0.3) is 11.4 Å². The minimum absolute atomic E-state index is 0.142. The maximum absolute atomic E-state index is 14.1. The van der Waals surface area contributed by atoms with Crippen LogP contribution in [-0.2, 0) is 16.0 Å². The molecule has 0 spiro atoms. The number of rotatable bonds is 3. The molecule has 1 aliphatic heterocycles. The highest BCUT2D eigenvalue weighted by atomic mass is 19.1. The Labute approximate surface area is 131 Å². The van der Waals surface area contributed by atoms with E-state index in [-0.39, 0.29) is 17.1 Å². The molecule has 0 bridgehead atoms. The largest absolute Gasteiger partial charge is 0.476 e. The summed E-state index contributed by atoms with van der Waals surface area (Å²) in [6, 6.07) is 5.26. The van der Waals surface area contributed by atoms with Crippen LogP contribution in [0, 0.1) is 5.82 Å². The maximum atomic E-state index is 14.1. The quantitative estimate of drug-likeness (QED) is 0.879. The molecule has 120 valence electrons. The van der Waals surface area contributed by atoms with E-state index in [1.165, 1.54) is 29.9 Å². The second-order valence-corrected chi connectivity index (χ2v) is 5.32. The first-order chi connectivity index (χ1) is 11.0. The van der Waals surface area contributed by atoms with Crippen molar-refractivity contribution in [2.24, 2.45) is 0 Å². The van der Waals surface area contributed by atoms with E-state index < -0.39 is 23.8 Å². The van der Waals surface area contributed by atoms with Crippen LogP contribution in [0.2, 0.25) is 0 Å². The van der Waals surface area contributed by atoms with E-state index in [2.05, 4.69) is 4.98 Å². The zero-order valence-electron chi connectivity index (χ0n) is 12.5. The molecule has 1 aromatic heterocycles. The average molecular weight is 318 g/mol. The number of aromatic nitrogens is 2. The number of esters is 1. The molecular weight excluding hydrogens is 303 g/mol. The molecule has 6 nitrogen and oxygen atoms in total. The third-order valence-electron chi connectivity index (χ3n) is 4.00. The summed E-state index contributed by atoms with van der Waals surface area (Å²) in [6.07, 6.45) is 1.61. The molecule has 0 amide bonds. The predicted octanol–water partition coefficient (Wildman–Crippen LogP) is 2.44. The molecule has 2 heterocycles. The Balaban J connectivity index is 2.26. The third-order valence-corrected chi connectivity index (χ3v) is 4.00. The van der Waals surface area contributed by atoms with Crippen molar-refractivity contribution >= 4 is 11.9 Å². The molecule has 2 aromatic rings. The number of methoxy groups -OCH3 is 1. The fraction of sp³-hybridized carbons (Fsp3) is 0.312. The fourth-order valence-corrected chi connectivity index (χ4v) is 3.00. The molecular formula is C16H15FN2O4. The van der Waals surface area contributed by atoms with Crippen LogP contribution in [0.4, 0.5) is 4.39 Å². The number of imidazole rings is 1. The van der Waals surface area contributed by atoms with Gasteiger partial charge in [-0.25, -0.2) is 19.0 Å².